The van der Waals surface area contributed by atoms with E-state index in [0.717, 1.165) is 30.6 Å². The molecule has 1 aromatic heterocycles. The lowest BCUT2D eigenvalue weighted by molar-refractivity contribution is -0.132. The van der Waals surface area contributed by atoms with Gasteiger partial charge in [0, 0.05) is 12.6 Å². The Labute approximate surface area is 129 Å². The molecule has 3 rings (SSSR count). The Balaban J connectivity index is 1.55. The first kappa shape index (κ1) is 14.7. The van der Waals surface area contributed by atoms with Crippen molar-refractivity contribution in [3.63, 3.8) is 0 Å². The number of nitrogens with zero attached hydrogens (tertiary/aromatic N) is 3. The monoisotopic (exact) mass is 303 g/mol. The van der Waals surface area contributed by atoms with Crippen LogP contribution in [0.15, 0.2) is 6.07 Å². The van der Waals surface area contributed by atoms with E-state index in [1.54, 1.807) is 6.07 Å². The van der Waals surface area contributed by atoms with Crippen molar-refractivity contribution in [2.24, 2.45) is 0 Å². The van der Waals surface area contributed by atoms with Gasteiger partial charge in [0.25, 0.3) is 0 Å². The molecule has 2 fully saturated rings. The van der Waals surface area contributed by atoms with Crippen LogP contribution < -0.4 is 10.6 Å². The molecule has 1 saturated heterocycles. The molecule has 118 valence electrons. The van der Waals surface area contributed by atoms with Crippen molar-refractivity contribution in [2.75, 3.05) is 11.9 Å². The molecule has 7 heteroatoms. The fourth-order valence-corrected chi connectivity index (χ4v) is 2.81. The van der Waals surface area contributed by atoms with E-state index in [0.29, 0.717) is 18.3 Å². The van der Waals surface area contributed by atoms with Gasteiger partial charge in [0.05, 0.1) is 5.69 Å². The summed E-state index contributed by atoms with van der Waals surface area (Å²) in [5.41, 5.74) is 1.78. The number of carbonyl (C=O) groups excluding carboxylic acids is 2. The first-order valence-corrected chi connectivity index (χ1v) is 7.73. The molecule has 0 spiro atoms. The van der Waals surface area contributed by atoms with E-state index in [4.69, 9.17) is 0 Å². The Hall–Kier alpha value is -2.18. The predicted octanol–water partition coefficient (Wildman–Crippen LogP) is 1.37. The van der Waals surface area contributed by atoms with Crippen LogP contribution in [0.1, 0.15) is 36.9 Å². The molecule has 0 radical (unpaired) electrons. The molecular weight excluding hydrogens is 282 g/mol. The third kappa shape index (κ3) is 2.88. The number of aromatic nitrogens is 2. The van der Waals surface area contributed by atoms with Gasteiger partial charge in [-0.1, -0.05) is 0 Å². The highest BCUT2D eigenvalue weighted by molar-refractivity contribution is 5.94. The number of rotatable bonds is 3. The van der Waals surface area contributed by atoms with Crippen molar-refractivity contribution < 1.29 is 9.59 Å². The molecule has 22 heavy (non-hydrogen) atoms. The standard InChI is InChI=1S/C15H21N5O2/c1-9-8-13(19-18-10(9)2)17-15(22)16-12-6-7-20(14(12)21)11-4-3-5-11/h8,11-12H,3-7H2,1-2H3,(H2,16,17,19,22). The minimum Gasteiger partial charge on any atom is -0.338 e. The minimum absolute atomic E-state index is 0.0334. The summed E-state index contributed by atoms with van der Waals surface area (Å²) in [6.45, 7) is 4.50. The number of aryl methyl sites for hydroxylation is 2. The second-order valence-corrected chi connectivity index (χ2v) is 6.05. The van der Waals surface area contributed by atoms with Gasteiger partial charge in [-0.2, -0.15) is 5.10 Å². The second-order valence-electron chi connectivity index (χ2n) is 6.05. The van der Waals surface area contributed by atoms with E-state index in [-0.39, 0.29) is 5.91 Å². The molecular formula is C15H21N5O2. The zero-order valence-electron chi connectivity index (χ0n) is 12.9. The van der Waals surface area contributed by atoms with Crippen LogP contribution in [-0.2, 0) is 4.79 Å². The fraction of sp³-hybridized carbons (Fsp3) is 0.600. The van der Waals surface area contributed by atoms with E-state index < -0.39 is 12.1 Å². The van der Waals surface area contributed by atoms with Crippen molar-refractivity contribution in [1.82, 2.24) is 20.4 Å². The highest BCUT2D eigenvalue weighted by Gasteiger charge is 2.38. The SMILES string of the molecule is Cc1cc(NC(=O)NC2CCN(C3CCC3)C2=O)nnc1C. The Morgan fingerprint density at radius 3 is 2.68 bits per heavy atom. The normalized spacial score (nSPS) is 21.6. The van der Waals surface area contributed by atoms with Gasteiger partial charge >= 0.3 is 6.03 Å². The molecule has 2 heterocycles. The zero-order valence-corrected chi connectivity index (χ0v) is 12.9. The third-order valence-corrected chi connectivity index (χ3v) is 4.53. The molecule has 0 aromatic carbocycles. The van der Waals surface area contributed by atoms with Gasteiger partial charge in [-0.05, 0) is 51.2 Å². The second kappa shape index (κ2) is 5.90. The molecule has 1 aliphatic carbocycles. The van der Waals surface area contributed by atoms with Gasteiger partial charge in [-0.3, -0.25) is 10.1 Å². The highest BCUT2D eigenvalue weighted by atomic mass is 16.2. The Morgan fingerprint density at radius 1 is 1.27 bits per heavy atom. The van der Waals surface area contributed by atoms with Crippen molar-refractivity contribution in [3.8, 4) is 0 Å². The van der Waals surface area contributed by atoms with Gasteiger partial charge in [0.2, 0.25) is 5.91 Å². The van der Waals surface area contributed by atoms with E-state index in [2.05, 4.69) is 20.8 Å². The summed E-state index contributed by atoms with van der Waals surface area (Å²) in [5, 5.41) is 13.3. The van der Waals surface area contributed by atoms with Gasteiger partial charge < -0.3 is 10.2 Å². The molecule has 3 amide bonds. The van der Waals surface area contributed by atoms with Crippen LogP contribution in [0.2, 0.25) is 0 Å². The number of carbonyl (C=O) groups is 2. The summed E-state index contributed by atoms with van der Waals surface area (Å²) >= 11 is 0. The molecule has 1 saturated carbocycles. The van der Waals surface area contributed by atoms with E-state index >= 15 is 0 Å². The molecule has 7 nitrogen and oxygen atoms in total. The summed E-state index contributed by atoms with van der Waals surface area (Å²) in [5.74, 6) is 0.424. The number of hydrogen-bond donors (Lipinski definition) is 2. The Bertz CT molecular complexity index is 600. The molecule has 1 aliphatic heterocycles. The summed E-state index contributed by atoms with van der Waals surface area (Å²) < 4.78 is 0. The molecule has 0 bridgehead atoms. The number of likely N-dealkylation sites (tertiary alicyclic amines) is 1. The number of anilines is 1. The van der Waals surface area contributed by atoms with Crippen LogP contribution in [0.5, 0.6) is 0 Å². The number of amides is 3. The van der Waals surface area contributed by atoms with Crippen LogP contribution >= 0.6 is 0 Å². The predicted molar refractivity (Wildman–Crippen MR) is 81.4 cm³/mol. The van der Waals surface area contributed by atoms with Crippen molar-refractivity contribution in [2.45, 2.75) is 51.6 Å². The smallest absolute Gasteiger partial charge is 0.321 e. The molecule has 1 aromatic rings. The minimum atomic E-state index is -0.430. The number of nitrogens with one attached hydrogen (secondary N) is 2. The first-order valence-electron chi connectivity index (χ1n) is 7.73. The maximum atomic E-state index is 12.3. The van der Waals surface area contributed by atoms with E-state index in [1.807, 2.05) is 18.7 Å². The van der Waals surface area contributed by atoms with Crippen LogP contribution in [0.3, 0.4) is 0 Å². The van der Waals surface area contributed by atoms with Crippen LogP contribution in [0.25, 0.3) is 0 Å². The lowest BCUT2D eigenvalue weighted by Crippen LogP contribution is -2.47. The van der Waals surface area contributed by atoms with Gasteiger partial charge in [-0.25, -0.2) is 4.79 Å². The van der Waals surface area contributed by atoms with Crippen LogP contribution in [-0.4, -0.2) is 45.7 Å². The van der Waals surface area contributed by atoms with Gasteiger partial charge in [0.1, 0.15) is 6.04 Å². The molecule has 2 N–H and O–H groups in total. The lowest BCUT2D eigenvalue weighted by Gasteiger charge is -2.34. The highest BCUT2D eigenvalue weighted by Crippen LogP contribution is 2.28. The average molecular weight is 303 g/mol. The zero-order chi connectivity index (χ0) is 15.7. The molecule has 1 unspecified atom stereocenters. The maximum absolute atomic E-state index is 12.3. The van der Waals surface area contributed by atoms with Crippen molar-refractivity contribution >= 4 is 17.8 Å². The number of urea groups is 1. The van der Waals surface area contributed by atoms with Crippen molar-refractivity contribution in [1.29, 1.82) is 0 Å². The van der Waals surface area contributed by atoms with Gasteiger partial charge in [-0.15, -0.1) is 5.10 Å². The van der Waals surface area contributed by atoms with E-state index in [1.165, 1.54) is 6.42 Å². The first-order chi connectivity index (χ1) is 10.5. The summed E-state index contributed by atoms with van der Waals surface area (Å²) in [6.07, 6.45) is 4.03. The number of hydrogen-bond acceptors (Lipinski definition) is 4. The quantitative estimate of drug-likeness (QED) is 0.883. The fourth-order valence-electron chi connectivity index (χ4n) is 2.81. The third-order valence-electron chi connectivity index (χ3n) is 4.53. The maximum Gasteiger partial charge on any atom is 0.321 e. The molecule has 1 atom stereocenters. The lowest BCUT2D eigenvalue weighted by atomic mass is 9.92. The molecule has 2 aliphatic rings. The van der Waals surface area contributed by atoms with Crippen LogP contribution in [0, 0.1) is 13.8 Å². The van der Waals surface area contributed by atoms with E-state index in [9.17, 15) is 9.59 Å². The Morgan fingerprint density at radius 2 is 2.05 bits per heavy atom. The summed E-state index contributed by atoms with van der Waals surface area (Å²) in [4.78, 5) is 26.2. The topological polar surface area (TPSA) is 87.2 Å². The summed E-state index contributed by atoms with van der Waals surface area (Å²) in [7, 11) is 0. The van der Waals surface area contributed by atoms with Gasteiger partial charge in [0.15, 0.2) is 5.82 Å². The van der Waals surface area contributed by atoms with Crippen LogP contribution in [0.4, 0.5) is 10.6 Å². The summed E-state index contributed by atoms with van der Waals surface area (Å²) in [6, 6.07) is 1.30. The average Bonchev–Trinajstić information content (AvgIpc) is 2.74. The van der Waals surface area contributed by atoms with Crippen molar-refractivity contribution in [3.05, 3.63) is 17.3 Å². The Kier molecular flexibility index (Phi) is 3.96. The largest absolute Gasteiger partial charge is 0.338 e.